The lowest BCUT2D eigenvalue weighted by Crippen LogP contribution is -2.39. The summed E-state index contributed by atoms with van der Waals surface area (Å²) in [6.07, 6.45) is 3.77. The second-order valence-corrected chi connectivity index (χ2v) is 9.49. The molecule has 0 bridgehead atoms. The fourth-order valence-electron chi connectivity index (χ4n) is 4.12. The lowest BCUT2D eigenvalue weighted by atomic mass is 9.82. The lowest BCUT2D eigenvalue weighted by molar-refractivity contribution is -0.201. The van der Waals surface area contributed by atoms with E-state index in [1.54, 1.807) is 0 Å². The molecule has 0 radical (unpaired) electrons. The van der Waals surface area contributed by atoms with Crippen molar-refractivity contribution >= 4 is 47.6 Å². The number of likely N-dealkylation sites (tertiary alicyclic amines) is 1. The quantitative estimate of drug-likeness (QED) is 0.246. The summed E-state index contributed by atoms with van der Waals surface area (Å²) in [6.45, 7) is 1.12. The van der Waals surface area contributed by atoms with Crippen molar-refractivity contribution in [2.75, 3.05) is 25.5 Å². The highest BCUT2D eigenvalue weighted by atomic mass is 32.2. The van der Waals surface area contributed by atoms with E-state index in [4.69, 9.17) is 9.57 Å². The number of hydrogen-bond donors (Lipinski definition) is 0. The van der Waals surface area contributed by atoms with Gasteiger partial charge in [-0.25, -0.2) is 4.79 Å². The number of thioether (sulfide) groups is 1. The predicted octanol–water partition coefficient (Wildman–Crippen LogP) is 0.866. The molecule has 1 aliphatic carbocycles. The van der Waals surface area contributed by atoms with Crippen molar-refractivity contribution in [2.24, 2.45) is 11.8 Å². The first-order chi connectivity index (χ1) is 15.4. The molecule has 3 aliphatic rings. The molecule has 2 saturated heterocycles. The smallest absolute Gasteiger partial charge is 0.336 e. The number of carbonyl (C=O) groups is 6. The molecule has 2 aliphatic heterocycles. The molecule has 3 rings (SSSR count). The Hall–Kier alpha value is -2.27. The van der Waals surface area contributed by atoms with Crippen LogP contribution in [0.15, 0.2) is 0 Å². The summed E-state index contributed by atoms with van der Waals surface area (Å²) >= 11 is 1.39. The maximum atomic E-state index is 12.6. The minimum Gasteiger partial charge on any atom is -0.380 e. The van der Waals surface area contributed by atoms with Crippen LogP contribution in [0, 0.1) is 11.8 Å². The number of amides is 4. The summed E-state index contributed by atoms with van der Waals surface area (Å²) in [5, 5.41) is 0.167. The zero-order valence-electron chi connectivity index (χ0n) is 17.9. The van der Waals surface area contributed by atoms with E-state index in [1.807, 2.05) is 0 Å². The molecule has 176 valence electrons. The summed E-state index contributed by atoms with van der Waals surface area (Å²) in [7, 11) is 0. The summed E-state index contributed by atoms with van der Waals surface area (Å²) in [6, 6.07) is 0. The normalized spacial score (nSPS) is 26.2. The van der Waals surface area contributed by atoms with Gasteiger partial charge in [0.25, 0.3) is 11.8 Å². The number of hydrogen-bond acceptors (Lipinski definition) is 9. The van der Waals surface area contributed by atoms with Gasteiger partial charge < -0.3 is 14.4 Å². The van der Waals surface area contributed by atoms with Gasteiger partial charge in [0, 0.05) is 38.0 Å². The van der Waals surface area contributed by atoms with E-state index < -0.39 is 29.0 Å². The van der Waals surface area contributed by atoms with Crippen molar-refractivity contribution < 1.29 is 38.3 Å². The van der Waals surface area contributed by atoms with Crippen molar-refractivity contribution in [1.29, 1.82) is 0 Å². The van der Waals surface area contributed by atoms with Crippen LogP contribution in [-0.2, 0) is 38.3 Å². The second-order valence-electron chi connectivity index (χ2n) is 8.18. The topological polar surface area (TPSA) is 127 Å². The van der Waals surface area contributed by atoms with Gasteiger partial charge in [0.05, 0.1) is 24.4 Å². The summed E-state index contributed by atoms with van der Waals surface area (Å²) in [5.74, 6) is -1.65. The fourth-order valence-corrected chi connectivity index (χ4v) is 5.15. The first-order valence-electron chi connectivity index (χ1n) is 11.0. The van der Waals surface area contributed by atoms with E-state index >= 15 is 0 Å². The van der Waals surface area contributed by atoms with Crippen molar-refractivity contribution in [3.05, 3.63) is 0 Å². The number of hydroxylamine groups is 2. The third-order valence-corrected chi connectivity index (χ3v) is 7.11. The summed E-state index contributed by atoms with van der Waals surface area (Å²) in [4.78, 5) is 77.1. The average Bonchev–Trinajstić information content (AvgIpc) is 3.24. The molecule has 1 saturated carbocycles. The van der Waals surface area contributed by atoms with Crippen LogP contribution in [-0.4, -0.2) is 76.6 Å². The molecule has 1 unspecified atom stereocenters. The largest absolute Gasteiger partial charge is 0.380 e. The first kappa shape index (κ1) is 24.4. The molecule has 0 spiro atoms. The number of rotatable bonds is 11. The number of ether oxygens (including phenoxy) is 1. The number of carbonyl (C=O) groups excluding carboxylic acids is 6. The zero-order valence-corrected chi connectivity index (χ0v) is 18.7. The molecular formula is C21H28N2O8S. The Morgan fingerprint density at radius 3 is 2.34 bits per heavy atom. The van der Waals surface area contributed by atoms with E-state index in [0.717, 1.165) is 6.29 Å². The molecule has 1 atom stereocenters. The third kappa shape index (κ3) is 6.16. The predicted molar refractivity (Wildman–Crippen MR) is 112 cm³/mol. The minimum atomic E-state index is -0.577. The van der Waals surface area contributed by atoms with E-state index in [1.165, 1.54) is 16.7 Å². The van der Waals surface area contributed by atoms with Gasteiger partial charge in [-0.05, 0) is 31.6 Å². The highest BCUT2D eigenvalue weighted by Crippen LogP contribution is 2.33. The Morgan fingerprint density at radius 1 is 1.00 bits per heavy atom. The van der Waals surface area contributed by atoms with Gasteiger partial charge in [-0.15, -0.1) is 16.8 Å². The second kappa shape index (κ2) is 11.6. The van der Waals surface area contributed by atoms with Crippen LogP contribution in [0.25, 0.3) is 0 Å². The molecule has 2 heterocycles. The van der Waals surface area contributed by atoms with Gasteiger partial charge in [0.15, 0.2) is 0 Å². The van der Waals surface area contributed by atoms with Crippen molar-refractivity contribution in [1.82, 2.24) is 9.96 Å². The average molecular weight is 469 g/mol. The molecule has 0 aromatic rings. The van der Waals surface area contributed by atoms with E-state index in [0.29, 0.717) is 62.7 Å². The fraction of sp³-hybridized carbons (Fsp3) is 0.714. The Morgan fingerprint density at radius 2 is 1.69 bits per heavy atom. The van der Waals surface area contributed by atoms with E-state index in [9.17, 15) is 28.8 Å². The molecular weight excluding hydrogens is 440 g/mol. The molecule has 3 fully saturated rings. The van der Waals surface area contributed by atoms with Gasteiger partial charge in [0.2, 0.25) is 11.8 Å². The molecule has 0 aromatic heterocycles. The van der Waals surface area contributed by atoms with Gasteiger partial charge in [-0.3, -0.25) is 24.1 Å². The van der Waals surface area contributed by atoms with Crippen LogP contribution >= 0.6 is 11.8 Å². The molecule has 0 aromatic carbocycles. The Balaban J connectivity index is 1.38. The highest BCUT2D eigenvalue weighted by Gasteiger charge is 2.41. The maximum Gasteiger partial charge on any atom is 0.336 e. The first-order valence-corrected chi connectivity index (χ1v) is 12.0. The van der Waals surface area contributed by atoms with Crippen molar-refractivity contribution in [3.63, 3.8) is 0 Å². The lowest BCUT2D eigenvalue weighted by Gasteiger charge is -2.30. The highest BCUT2D eigenvalue weighted by molar-refractivity contribution is 8.00. The number of nitrogens with zero attached hydrogens (tertiary/aromatic N) is 2. The van der Waals surface area contributed by atoms with Crippen molar-refractivity contribution in [2.45, 2.75) is 56.6 Å². The Bertz CT molecular complexity index is 749. The van der Waals surface area contributed by atoms with Crippen LogP contribution in [0.1, 0.15) is 51.4 Å². The van der Waals surface area contributed by atoms with Crippen LogP contribution < -0.4 is 0 Å². The van der Waals surface area contributed by atoms with Gasteiger partial charge in [-0.1, -0.05) is 0 Å². The van der Waals surface area contributed by atoms with Crippen LogP contribution in [0.2, 0.25) is 0 Å². The summed E-state index contributed by atoms with van der Waals surface area (Å²) < 4.78 is 5.29. The molecule has 32 heavy (non-hydrogen) atoms. The van der Waals surface area contributed by atoms with E-state index in [2.05, 4.69) is 0 Å². The van der Waals surface area contributed by atoms with Gasteiger partial charge in [-0.2, -0.15) is 0 Å². The monoisotopic (exact) mass is 468 g/mol. The van der Waals surface area contributed by atoms with Gasteiger partial charge >= 0.3 is 5.97 Å². The Kier molecular flexibility index (Phi) is 8.80. The third-order valence-electron chi connectivity index (χ3n) is 5.94. The van der Waals surface area contributed by atoms with Gasteiger partial charge in [0.1, 0.15) is 6.29 Å². The van der Waals surface area contributed by atoms with Crippen LogP contribution in [0.4, 0.5) is 0 Å². The molecule has 10 nitrogen and oxygen atoms in total. The zero-order chi connectivity index (χ0) is 23.1. The Labute approximate surface area is 190 Å². The van der Waals surface area contributed by atoms with E-state index in [-0.39, 0.29) is 37.0 Å². The van der Waals surface area contributed by atoms with Crippen LogP contribution in [0.3, 0.4) is 0 Å². The molecule has 0 N–H and O–H groups in total. The maximum absolute atomic E-state index is 12.6. The number of imide groups is 2. The molecule has 4 amide bonds. The SMILES string of the molecule is O=CCCOCCSC1CC(=O)N(CC2CCC(C(=O)ON3C(=O)CCC3=O)CC2)C1=O. The molecule has 11 heteroatoms. The minimum absolute atomic E-state index is 0.0587. The summed E-state index contributed by atoms with van der Waals surface area (Å²) in [5.41, 5.74) is 0. The number of aldehydes is 1. The standard InChI is InChI=1S/C21H28N2O8S/c24-8-1-9-30-10-11-32-16-12-19(27)22(20(16)28)13-14-2-4-15(5-3-14)21(29)31-23-17(25)6-7-18(23)26/h8,14-16H,1-7,9-13H2. The van der Waals surface area contributed by atoms with Crippen LogP contribution in [0.5, 0.6) is 0 Å². The van der Waals surface area contributed by atoms with Crippen molar-refractivity contribution in [3.8, 4) is 0 Å².